The maximum absolute atomic E-state index is 13.3. The lowest BCUT2D eigenvalue weighted by Crippen LogP contribution is -2.61. The van der Waals surface area contributed by atoms with Crippen LogP contribution in [0.2, 0.25) is 0 Å². The van der Waals surface area contributed by atoms with Gasteiger partial charge in [-0.15, -0.1) is 0 Å². The predicted octanol–water partition coefficient (Wildman–Crippen LogP) is 3.89. The van der Waals surface area contributed by atoms with Gasteiger partial charge in [0.2, 0.25) is 5.91 Å². The minimum absolute atomic E-state index is 0.164. The van der Waals surface area contributed by atoms with E-state index in [4.69, 9.17) is 14.9 Å². The third-order valence-corrected chi connectivity index (χ3v) is 8.07. The van der Waals surface area contributed by atoms with Crippen LogP contribution in [-0.2, 0) is 15.1 Å². The fourth-order valence-corrected chi connectivity index (χ4v) is 5.38. The lowest BCUT2D eigenvalue weighted by Gasteiger charge is -2.38. The highest BCUT2D eigenvalue weighted by molar-refractivity contribution is 6.00. The summed E-state index contributed by atoms with van der Waals surface area (Å²) in [5.41, 5.74) is 7.74. The number of nitrogens with zero attached hydrogens (tertiary/aromatic N) is 1. The number of hydrogen-bond donors (Lipinski definition) is 3. The van der Waals surface area contributed by atoms with Crippen molar-refractivity contribution >= 4 is 22.8 Å². The molecule has 2 aromatic carbocycles. The van der Waals surface area contributed by atoms with E-state index in [1.165, 1.54) is 0 Å². The van der Waals surface area contributed by atoms with Crippen LogP contribution in [-0.4, -0.2) is 36.1 Å². The SMILES string of the molecule is N#CC1(NC(=O)C2(NC(=O)c3cc4ccc(-c5ccc(C6(N)COC6)cc5)cc4o3)CCCCC2)CC1. The number of nitriles is 1. The number of ether oxygens (including phenoxy) is 1. The maximum Gasteiger partial charge on any atom is 0.287 e. The molecule has 0 unspecified atom stereocenters. The molecule has 2 aliphatic carbocycles. The Morgan fingerprint density at radius 1 is 0.892 bits per heavy atom. The molecule has 1 aliphatic heterocycles. The third kappa shape index (κ3) is 4.28. The van der Waals surface area contributed by atoms with E-state index >= 15 is 0 Å². The quantitative estimate of drug-likeness (QED) is 0.473. The fraction of sp³-hybridized carbons (Fsp3) is 0.414. The molecule has 0 atom stereocenters. The number of rotatable bonds is 6. The zero-order chi connectivity index (χ0) is 25.7. The molecule has 3 aliphatic rings. The summed E-state index contributed by atoms with van der Waals surface area (Å²) in [4.78, 5) is 26.6. The normalized spacial score (nSPS) is 20.9. The standard InChI is InChI=1S/C29H30N4O4/c30-16-27(12-13-27)33-26(35)29(10-2-1-3-11-29)32-25(34)24-15-21-5-4-20(14-23(21)37-24)19-6-8-22(9-7-19)28(31)17-36-18-28/h4-9,14-15H,1-3,10-13,17-18,31H2,(H,32,34)(H,33,35). The molecule has 4 N–H and O–H groups in total. The first-order valence-electron chi connectivity index (χ1n) is 12.9. The van der Waals surface area contributed by atoms with E-state index in [-0.39, 0.29) is 11.7 Å². The van der Waals surface area contributed by atoms with E-state index in [1.54, 1.807) is 6.07 Å². The molecule has 1 saturated heterocycles. The Balaban J connectivity index is 1.22. The highest BCUT2D eigenvalue weighted by atomic mass is 16.5. The fourth-order valence-electron chi connectivity index (χ4n) is 5.38. The van der Waals surface area contributed by atoms with Crippen molar-refractivity contribution < 1.29 is 18.7 Å². The van der Waals surface area contributed by atoms with Crippen molar-refractivity contribution in [1.29, 1.82) is 5.26 Å². The first kappa shape index (κ1) is 23.7. The van der Waals surface area contributed by atoms with Gasteiger partial charge in [-0.2, -0.15) is 5.26 Å². The molecule has 2 saturated carbocycles. The molecule has 8 heteroatoms. The van der Waals surface area contributed by atoms with Gasteiger partial charge < -0.3 is 25.5 Å². The van der Waals surface area contributed by atoms with Crippen molar-refractivity contribution in [3.63, 3.8) is 0 Å². The Morgan fingerprint density at radius 3 is 2.22 bits per heavy atom. The monoisotopic (exact) mass is 498 g/mol. The van der Waals surface area contributed by atoms with Crippen LogP contribution < -0.4 is 16.4 Å². The first-order chi connectivity index (χ1) is 17.8. The van der Waals surface area contributed by atoms with Crippen LogP contribution in [0.25, 0.3) is 22.1 Å². The highest BCUT2D eigenvalue weighted by Crippen LogP contribution is 2.37. The van der Waals surface area contributed by atoms with Crippen LogP contribution >= 0.6 is 0 Å². The van der Waals surface area contributed by atoms with E-state index in [1.807, 2.05) is 42.5 Å². The number of carbonyl (C=O) groups excluding carboxylic acids is 2. The van der Waals surface area contributed by atoms with E-state index in [0.29, 0.717) is 44.5 Å². The summed E-state index contributed by atoms with van der Waals surface area (Å²) in [7, 11) is 0. The van der Waals surface area contributed by atoms with Gasteiger partial charge >= 0.3 is 0 Å². The van der Waals surface area contributed by atoms with Crippen LogP contribution in [0.15, 0.2) is 52.9 Å². The van der Waals surface area contributed by atoms with Crippen molar-refractivity contribution in [3.8, 4) is 17.2 Å². The summed E-state index contributed by atoms with van der Waals surface area (Å²) < 4.78 is 11.2. The predicted molar refractivity (Wildman–Crippen MR) is 137 cm³/mol. The molecule has 1 aromatic heterocycles. The first-order valence-corrected chi connectivity index (χ1v) is 12.9. The molecular formula is C29H30N4O4. The van der Waals surface area contributed by atoms with Crippen LogP contribution in [0.5, 0.6) is 0 Å². The lowest BCUT2D eigenvalue weighted by molar-refractivity contribution is -0.129. The Hall–Kier alpha value is -3.67. The zero-order valence-electron chi connectivity index (χ0n) is 20.6. The largest absolute Gasteiger partial charge is 0.451 e. The topological polar surface area (TPSA) is 130 Å². The van der Waals surface area contributed by atoms with Gasteiger partial charge in [0.15, 0.2) is 5.76 Å². The van der Waals surface area contributed by atoms with Gasteiger partial charge in [-0.1, -0.05) is 55.7 Å². The van der Waals surface area contributed by atoms with Crippen LogP contribution in [0, 0.1) is 11.3 Å². The summed E-state index contributed by atoms with van der Waals surface area (Å²) in [6, 6.07) is 17.8. The Labute approximate surface area is 215 Å². The van der Waals surface area contributed by atoms with Crippen molar-refractivity contribution in [3.05, 3.63) is 59.9 Å². The molecule has 37 heavy (non-hydrogen) atoms. The molecular weight excluding hydrogens is 468 g/mol. The van der Waals surface area contributed by atoms with Gasteiger partial charge in [0.1, 0.15) is 16.7 Å². The van der Waals surface area contributed by atoms with Crippen molar-refractivity contribution in [2.75, 3.05) is 13.2 Å². The van der Waals surface area contributed by atoms with Gasteiger partial charge in [-0.3, -0.25) is 9.59 Å². The highest BCUT2D eigenvalue weighted by Gasteiger charge is 2.50. The maximum atomic E-state index is 13.3. The summed E-state index contributed by atoms with van der Waals surface area (Å²) in [6.45, 7) is 1.05. The Morgan fingerprint density at radius 2 is 1.59 bits per heavy atom. The smallest absolute Gasteiger partial charge is 0.287 e. The number of nitrogens with one attached hydrogen (secondary N) is 2. The molecule has 0 radical (unpaired) electrons. The number of nitrogens with two attached hydrogens (primary N) is 1. The Bertz CT molecular complexity index is 1400. The molecule has 3 fully saturated rings. The van der Waals surface area contributed by atoms with Gasteiger partial charge in [0, 0.05) is 5.39 Å². The second-order valence-electron chi connectivity index (χ2n) is 10.8. The van der Waals surface area contributed by atoms with Crippen LogP contribution in [0.4, 0.5) is 0 Å². The number of amides is 2. The second-order valence-corrected chi connectivity index (χ2v) is 10.8. The van der Waals surface area contributed by atoms with Gasteiger partial charge in [0.25, 0.3) is 5.91 Å². The van der Waals surface area contributed by atoms with E-state index in [2.05, 4.69) is 16.7 Å². The van der Waals surface area contributed by atoms with Crippen molar-refractivity contribution in [2.24, 2.45) is 5.73 Å². The summed E-state index contributed by atoms with van der Waals surface area (Å²) in [5.74, 6) is -0.525. The molecule has 6 rings (SSSR count). The van der Waals surface area contributed by atoms with Crippen LogP contribution in [0.1, 0.15) is 61.1 Å². The van der Waals surface area contributed by atoms with Crippen LogP contribution in [0.3, 0.4) is 0 Å². The minimum Gasteiger partial charge on any atom is -0.451 e. The number of benzene rings is 2. The lowest BCUT2D eigenvalue weighted by atomic mass is 9.80. The number of carbonyl (C=O) groups is 2. The Kier molecular flexibility index (Phi) is 5.59. The molecule has 3 aromatic rings. The van der Waals surface area contributed by atoms with Crippen molar-refractivity contribution in [1.82, 2.24) is 10.6 Å². The average molecular weight is 499 g/mol. The third-order valence-electron chi connectivity index (χ3n) is 8.07. The molecule has 2 amide bonds. The average Bonchev–Trinajstić information content (AvgIpc) is 3.54. The molecule has 0 bridgehead atoms. The van der Waals surface area contributed by atoms with Crippen molar-refractivity contribution in [2.45, 2.75) is 61.6 Å². The zero-order valence-corrected chi connectivity index (χ0v) is 20.6. The van der Waals surface area contributed by atoms with Gasteiger partial charge in [-0.25, -0.2) is 0 Å². The van der Waals surface area contributed by atoms with Gasteiger partial charge in [0.05, 0.1) is 24.8 Å². The van der Waals surface area contributed by atoms with Gasteiger partial charge in [-0.05, 0) is 54.5 Å². The molecule has 0 spiro atoms. The van der Waals surface area contributed by atoms with E-state index in [9.17, 15) is 14.9 Å². The summed E-state index contributed by atoms with van der Waals surface area (Å²) in [6.07, 6.45) is 5.08. The minimum atomic E-state index is -1.03. The number of furan rings is 1. The second kappa shape index (κ2) is 8.72. The number of hydrogen-bond acceptors (Lipinski definition) is 6. The molecule has 8 nitrogen and oxygen atoms in total. The summed E-state index contributed by atoms with van der Waals surface area (Å²) >= 11 is 0. The molecule has 2 heterocycles. The van der Waals surface area contributed by atoms with E-state index < -0.39 is 22.5 Å². The number of fused-ring (bicyclic) bond motifs is 1. The van der Waals surface area contributed by atoms with E-state index in [0.717, 1.165) is 41.3 Å². The summed E-state index contributed by atoms with van der Waals surface area (Å²) in [5, 5.41) is 16.1. The molecule has 190 valence electrons.